The minimum Gasteiger partial charge on any atom is -0.387 e. The third-order valence-electron chi connectivity index (χ3n) is 6.13. The summed E-state index contributed by atoms with van der Waals surface area (Å²) in [5.41, 5.74) is 5.11. The maximum absolute atomic E-state index is 13.2. The highest BCUT2D eigenvalue weighted by Crippen LogP contribution is 2.49. The monoisotopic (exact) mass is 439 g/mol. The number of aliphatic hydroxyl groups excluding tert-OH is 1. The van der Waals surface area contributed by atoms with Crippen LogP contribution in [0, 0.1) is 12.8 Å². The number of aliphatic imine (C=N–C) groups is 1. The Morgan fingerprint density at radius 3 is 2.81 bits per heavy atom. The van der Waals surface area contributed by atoms with Gasteiger partial charge in [-0.1, -0.05) is 6.92 Å². The SMILES string of the molecule is CCC(O)c1cc(C)c(C2=Cc3cnc(NC(=O)C4CC4(F)F)cc3N3CCN=C23)cn1. The molecule has 2 aliphatic heterocycles. The number of aromatic nitrogens is 2. The van der Waals surface area contributed by atoms with E-state index in [9.17, 15) is 18.7 Å². The average molecular weight is 439 g/mol. The lowest BCUT2D eigenvalue weighted by Crippen LogP contribution is -2.31. The Hall–Kier alpha value is -3.20. The largest absolute Gasteiger partial charge is 0.387 e. The van der Waals surface area contributed by atoms with Gasteiger partial charge in [0.25, 0.3) is 5.92 Å². The first-order valence-corrected chi connectivity index (χ1v) is 10.7. The zero-order valence-corrected chi connectivity index (χ0v) is 17.8. The molecule has 0 aromatic carbocycles. The number of amidine groups is 1. The molecule has 32 heavy (non-hydrogen) atoms. The number of nitrogens with one attached hydrogen (secondary N) is 1. The summed E-state index contributed by atoms with van der Waals surface area (Å²) < 4.78 is 26.4. The van der Waals surface area contributed by atoms with E-state index < -0.39 is 30.3 Å². The van der Waals surface area contributed by atoms with Crippen LogP contribution >= 0.6 is 0 Å². The average Bonchev–Trinajstić information content (AvgIpc) is 3.18. The molecule has 1 fully saturated rings. The molecule has 4 heterocycles. The van der Waals surface area contributed by atoms with Crippen LogP contribution in [0.2, 0.25) is 0 Å². The molecule has 5 rings (SSSR count). The van der Waals surface area contributed by atoms with Gasteiger partial charge in [0.1, 0.15) is 17.6 Å². The molecule has 3 aliphatic rings. The second-order valence-electron chi connectivity index (χ2n) is 8.40. The molecular formula is C23H23F2N5O2. The first kappa shape index (κ1) is 20.7. The Bertz CT molecular complexity index is 1180. The number of carbonyl (C=O) groups is 1. The summed E-state index contributed by atoms with van der Waals surface area (Å²) in [7, 11) is 0. The van der Waals surface area contributed by atoms with Crippen molar-refractivity contribution in [1.82, 2.24) is 9.97 Å². The van der Waals surface area contributed by atoms with E-state index in [1.807, 2.05) is 30.9 Å². The van der Waals surface area contributed by atoms with E-state index in [1.165, 1.54) is 0 Å². The highest BCUT2D eigenvalue weighted by molar-refractivity contribution is 6.36. The number of fused-ring (bicyclic) bond motifs is 3. The van der Waals surface area contributed by atoms with E-state index in [4.69, 9.17) is 0 Å². The Labute approximate surface area is 183 Å². The normalized spacial score (nSPS) is 21.3. The van der Waals surface area contributed by atoms with Gasteiger partial charge in [0, 0.05) is 48.1 Å². The van der Waals surface area contributed by atoms with Crippen LogP contribution in [0.3, 0.4) is 0 Å². The minimum absolute atomic E-state index is 0.246. The molecule has 2 atom stereocenters. The molecule has 0 bridgehead atoms. The van der Waals surface area contributed by atoms with Crippen LogP contribution in [0.25, 0.3) is 11.6 Å². The van der Waals surface area contributed by atoms with Crippen molar-refractivity contribution in [2.24, 2.45) is 10.9 Å². The number of anilines is 2. The van der Waals surface area contributed by atoms with Crippen LogP contribution in [0.15, 0.2) is 29.5 Å². The number of hydrogen-bond acceptors (Lipinski definition) is 6. The third kappa shape index (κ3) is 3.46. The molecule has 1 amide bonds. The van der Waals surface area contributed by atoms with Gasteiger partial charge in [-0.05, 0) is 31.1 Å². The summed E-state index contributed by atoms with van der Waals surface area (Å²) in [6.45, 7) is 5.16. The Morgan fingerprint density at radius 1 is 1.34 bits per heavy atom. The molecule has 0 saturated heterocycles. The fraction of sp³-hybridized carbons (Fsp3) is 0.391. The molecule has 2 unspecified atom stereocenters. The van der Waals surface area contributed by atoms with Gasteiger partial charge in [-0.2, -0.15) is 0 Å². The van der Waals surface area contributed by atoms with Crippen molar-refractivity contribution in [3.8, 4) is 0 Å². The number of pyridine rings is 2. The number of halogens is 2. The Morgan fingerprint density at radius 2 is 2.12 bits per heavy atom. The Balaban J connectivity index is 1.48. The predicted octanol–water partition coefficient (Wildman–Crippen LogP) is 3.59. The van der Waals surface area contributed by atoms with Crippen LogP contribution in [0.1, 0.15) is 48.3 Å². The second-order valence-corrected chi connectivity index (χ2v) is 8.40. The molecule has 0 spiro atoms. The zero-order chi connectivity index (χ0) is 22.6. The fourth-order valence-electron chi connectivity index (χ4n) is 4.16. The van der Waals surface area contributed by atoms with Crippen molar-refractivity contribution in [1.29, 1.82) is 0 Å². The van der Waals surface area contributed by atoms with Crippen molar-refractivity contribution in [3.63, 3.8) is 0 Å². The van der Waals surface area contributed by atoms with Gasteiger partial charge in [0.15, 0.2) is 0 Å². The maximum atomic E-state index is 13.2. The maximum Gasteiger partial charge on any atom is 0.260 e. The number of nitrogens with zero attached hydrogens (tertiary/aromatic N) is 4. The lowest BCUT2D eigenvalue weighted by Gasteiger charge is -2.29. The van der Waals surface area contributed by atoms with Crippen molar-refractivity contribution >= 4 is 34.9 Å². The Kier molecular flexibility index (Phi) is 4.81. The molecule has 2 aromatic heterocycles. The van der Waals surface area contributed by atoms with E-state index >= 15 is 0 Å². The summed E-state index contributed by atoms with van der Waals surface area (Å²) in [6, 6.07) is 3.60. The van der Waals surface area contributed by atoms with Gasteiger partial charge in [-0.15, -0.1) is 0 Å². The van der Waals surface area contributed by atoms with Crippen molar-refractivity contribution < 1.29 is 18.7 Å². The lowest BCUT2D eigenvalue weighted by atomic mass is 9.94. The number of hydrogen-bond donors (Lipinski definition) is 2. The van der Waals surface area contributed by atoms with Crippen molar-refractivity contribution in [3.05, 3.63) is 46.9 Å². The number of aliphatic hydroxyl groups is 1. The number of aryl methyl sites for hydroxylation is 1. The van der Waals surface area contributed by atoms with E-state index in [-0.39, 0.29) is 5.82 Å². The molecule has 1 aliphatic carbocycles. The molecule has 7 nitrogen and oxygen atoms in total. The summed E-state index contributed by atoms with van der Waals surface area (Å²) in [6.07, 6.45) is 4.94. The molecule has 2 aromatic rings. The van der Waals surface area contributed by atoms with E-state index in [0.717, 1.165) is 33.8 Å². The number of amides is 1. The number of alkyl halides is 2. The van der Waals surface area contributed by atoms with Gasteiger partial charge < -0.3 is 15.3 Å². The molecule has 166 valence electrons. The number of carbonyl (C=O) groups excluding carboxylic acids is 1. The smallest absolute Gasteiger partial charge is 0.260 e. The predicted molar refractivity (Wildman–Crippen MR) is 118 cm³/mol. The topological polar surface area (TPSA) is 90.7 Å². The zero-order valence-electron chi connectivity index (χ0n) is 17.8. The first-order chi connectivity index (χ1) is 15.3. The van der Waals surface area contributed by atoms with Gasteiger partial charge in [-0.3, -0.25) is 14.8 Å². The van der Waals surface area contributed by atoms with E-state index in [0.29, 0.717) is 25.2 Å². The van der Waals surface area contributed by atoms with Crippen molar-refractivity contribution in [2.75, 3.05) is 23.3 Å². The highest BCUT2D eigenvalue weighted by atomic mass is 19.3. The van der Waals surface area contributed by atoms with Crippen LogP contribution in [0.5, 0.6) is 0 Å². The fourth-order valence-corrected chi connectivity index (χ4v) is 4.16. The van der Waals surface area contributed by atoms with Gasteiger partial charge in [-0.25, -0.2) is 13.8 Å². The summed E-state index contributed by atoms with van der Waals surface area (Å²) in [5.74, 6) is -3.86. The van der Waals surface area contributed by atoms with Gasteiger partial charge in [0.05, 0.1) is 24.0 Å². The van der Waals surface area contributed by atoms with E-state index in [1.54, 1.807) is 18.5 Å². The number of rotatable bonds is 5. The van der Waals surface area contributed by atoms with E-state index in [2.05, 4.69) is 20.3 Å². The van der Waals surface area contributed by atoms with Crippen LogP contribution in [-0.2, 0) is 4.79 Å². The van der Waals surface area contributed by atoms with Crippen LogP contribution in [0.4, 0.5) is 20.3 Å². The van der Waals surface area contributed by atoms with Crippen LogP contribution < -0.4 is 10.2 Å². The molecule has 2 N–H and O–H groups in total. The second kappa shape index (κ2) is 7.44. The lowest BCUT2D eigenvalue weighted by molar-refractivity contribution is -0.119. The molecule has 1 saturated carbocycles. The summed E-state index contributed by atoms with van der Waals surface area (Å²) in [4.78, 5) is 27.5. The third-order valence-corrected chi connectivity index (χ3v) is 6.13. The molecule has 9 heteroatoms. The summed E-state index contributed by atoms with van der Waals surface area (Å²) >= 11 is 0. The molecular weight excluding hydrogens is 416 g/mol. The highest BCUT2D eigenvalue weighted by Gasteiger charge is 2.61. The standard InChI is InChI=1S/C23H23F2N5O2/c1-3-19(31)17-6-12(2)15(11-27-17)14-7-13-10-28-20(29-22(32)16-9-23(16,24)25)8-18(13)30-5-4-26-21(14)30/h6-8,10-11,16,19,31H,3-5,9H2,1-2H3,(H,28,29,32). The van der Waals surface area contributed by atoms with Crippen molar-refractivity contribution in [2.45, 2.75) is 38.7 Å². The molecule has 0 radical (unpaired) electrons. The minimum atomic E-state index is -2.92. The van der Waals surface area contributed by atoms with Crippen LogP contribution in [-0.4, -0.2) is 45.8 Å². The van der Waals surface area contributed by atoms with Gasteiger partial charge in [0.2, 0.25) is 5.91 Å². The quantitative estimate of drug-likeness (QED) is 0.743. The first-order valence-electron chi connectivity index (χ1n) is 10.7. The summed E-state index contributed by atoms with van der Waals surface area (Å²) in [5, 5.41) is 12.6. The van der Waals surface area contributed by atoms with Gasteiger partial charge >= 0.3 is 0 Å².